The molecule has 0 radical (unpaired) electrons. The van der Waals surface area contributed by atoms with E-state index < -0.39 is 5.91 Å². The SMILES string of the molecule is NC(=O)c1cc(C2CCCCN2C(=O)CCSc2ccccc2)[nH]n1. The van der Waals surface area contributed by atoms with Crippen LogP contribution in [0.25, 0.3) is 0 Å². The molecule has 1 aromatic carbocycles. The molecule has 1 aliphatic heterocycles. The van der Waals surface area contributed by atoms with Gasteiger partial charge >= 0.3 is 0 Å². The Kier molecular flexibility index (Phi) is 5.75. The van der Waals surface area contributed by atoms with E-state index in [1.54, 1.807) is 17.8 Å². The lowest BCUT2D eigenvalue weighted by atomic mass is 9.98. The predicted octanol–water partition coefficient (Wildman–Crippen LogP) is 2.74. The third-order valence-corrected chi connectivity index (χ3v) is 5.37. The van der Waals surface area contributed by atoms with Gasteiger partial charge in [0.15, 0.2) is 0 Å². The number of aromatic amines is 1. The molecule has 3 N–H and O–H groups in total. The number of H-pyrrole nitrogens is 1. The number of benzene rings is 1. The lowest BCUT2D eigenvalue weighted by Gasteiger charge is -2.35. The number of amides is 2. The normalized spacial score (nSPS) is 17.4. The van der Waals surface area contributed by atoms with Crippen molar-refractivity contribution >= 4 is 23.6 Å². The molecule has 1 aliphatic rings. The first-order valence-electron chi connectivity index (χ1n) is 8.47. The average molecular weight is 358 g/mol. The molecule has 1 unspecified atom stereocenters. The van der Waals surface area contributed by atoms with Gasteiger partial charge in [-0.3, -0.25) is 14.7 Å². The molecule has 3 rings (SSSR count). The Labute approximate surface area is 151 Å². The van der Waals surface area contributed by atoms with Crippen LogP contribution in [0, 0.1) is 0 Å². The quantitative estimate of drug-likeness (QED) is 0.777. The Balaban J connectivity index is 1.61. The molecule has 2 heterocycles. The predicted molar refractivity (Wildman–Crippen MR) is 97.2 cm³/mol. The third kappa shape index (κ3) is 4.42. The van der Waals surface area contributed by atoms with Crippen LogP contribution >= 0.6 is 11.8 Å². The Morgan fingerprint density at radius 1 is 1.28 bits per heavy atom. The minimum Gasteiger partial charge on any atom is -0.364 e. The highest BCUT2D eigenvalue weighted by atomic mass is 32.2. The monoisotopic (exact) mass is 358 g/mol. The van der Waals surface area contributed by atoms with E-state index >= 15 is 0 Å². The number of nitrogens with two attached hydrogens (primary N) is 1. The summed E-state index contributed by atoms with van der Waals surface area (Å²) in [5, 5.41) is 6.82. The number of nitrogens with one attached hydrogen (secondary N) is 1. The summed E-state index contributed by atoms with van der Waals surface area (Å²) in [4.78, 5) is 27.0. The number of nitrogens with zero attached hydrogens (tertiary/aromatic N) is 2. The summed E-state index contributed by atoms with van der Waals surface area (Å²) in [5.74, 6) is 0.334. The highest BCUT2D eigenvalue weighted by Crippen LogP contribution is 2.31. The fourth-order valence-electron chi connectivity index (χ4n) is 3.10. The lowest BCUT2D eigenvalue weighted by molar-refractivity contribution is -0.134. The van der Waals surface area contributed by atoms with Gasteiger partial charge in [-0.05, 0) is 37.5 Å². The van der Waals surface area contributed by atoms with Crippen LogP contribution in [0.4, 0.5) is 0 Å². The van der Waals surface area contributed by atoms with Crippen LogP contribution in [-0.2, 0) is 4.79 Å². The van der Waals surface area contributed by atoms with Crippen molar-refractivity contribution in [2.24, 2.45) is 5.73 Å². The zero-order valence-electron chi connectivity index (χ0n) is 14.0. The Bertz CT molecular complexity index is 732. The van der Waals surface area contributed by atoms with Crippen molar-refractivity contribution in [2.75, 3.05) is 12.3 Å². The van der Waals surface area contributed by atoms with E-state index in [2.05, 4.69) is 22.3 Å². The molecule has 1 fully saturated rings. The molecule has 2 amide bonds. The molecule has 25 heavy (non-hydrogen) atoms. The van der Waals surface area contributed by atoms with E-state index in [1.807, 2.05) is 23.1 Å². The largest absolute Gasteiger partial charge is 0.364 e. The summed E-state index contributed by atoms with van der Waals surface area (Å²) in [7, 11) is 0. The molecule has 1 saturated heterocycles. The van der Waals surface area contributed by atoms with Gasteiger partial charge in [-0.25, -0.2) is 0 Å². The van der Waals surface area contributed by atoms with E-state index in [9.17, 15) is 9.59 Å². The van der Waals surface area contributed by atoms with E-state index in [0.29, 0.717) is 6.42 Å². The van der Waals surface area contributed by atoms with Crippen LogP contribution in [0.15, 0.2) is 41.3 Å². The fourth-order valence-corrected chi connectivity index (χ4v) is 3.97. The zero-order valence-corrected chi connectivity index (χ0v) is 14.8. The minimum atomic E-state index is -0.560. The third-order valence-electron chi connectivity index (χ3n) is 4.36. The molecular formula is C18H22N4O2S. The second-order valence-electron chi connectivity index (χ2n) is 6.08. The standard InChI is InChI=1S/C18H22N4O2S/c19-18(24)15-12-14(20-21-15)16-8-4-5-10-22(16)17(23)9-11-25-13-6-2-1-3-7-13/h1-3,6-7,12,16H,4-5,8-11H2,(H2,19,24)(H,20,21). The number of rotatable bonds is 6. The molecule has 1 aromatic heterocycles. The van der Waals surface area contributed by atoms with Gasteiger partial charge in [-0.2, -0.15) is 5.10 Å². The van der Waals surface area contributed by atoms with Crippen LogP contribution < -0.4 is 5.73 Å². The highest BCUT2D eigenvalue weighted by molar-refractivity contribution is 7.99. The second kappa shape index (κ2) is 8.20. The first kappa shape index (κ1) is 17.5. The molecule has 0 bridgehead atoms. The topological polar surface area (TPSA) is 92.1 Å². The molecule has 0 spiro atoms. The Morgan fingerprint density at radius 3 is 2.80 bits per heavy atom. The molecule has 0 saturated carbocycles. The van der Waals surface area contributed by atoms with Crippen LogP contribution in [0.3, 0.4) is 0 Å². The van der Waals surface area contributed by atoms with Crippen LogP contribution in [0.1, 0.15) is 47.9 Å². The summed E-state index contributed by atoms with van der Waals surface area (Å²) in [5.41, 5.74) is 6.27. The summed E-state index contributed by atoms with van der Waals surface area (Å²) in [6, 6.07) is 11.7. The summed E-state index contributed by atoms with van der Waals surface area (Å²) >= 11 is 1.69. The number of hydrogen-bond acceptors (Lipinski definition) is 4. The van der Waals surface area contributed by atoms with Crippen LogP contribution in [-0.4, -0.2) is 39.2 Å². The Morgan fingerprint density at radius 2 is 2.08 bits per heavy atom. The minimum absolute atomic E-state index is 0.0522. The van der Waals surface area contributed by atoms with Crippen molar-refractivity contribution < 1.29 is 9.59 Å². The first-order chi connectivity index (χ1) is 12.1. The second-order valence-corrected chi connectivity index (χ2v) is 7.25. The van der Waals surface area contributed by atoms with Gasteiger partial charge in [0.25, 0.3) is 5.91 Å². The number of primary amides is 1. The van der Waals surface area contributed by atoms with Crippen molar-refractivity contribution in [3.63, 3.8) is 0 Å². The molecule has 0 aliphatic carbocycles. The van der Waals surface area contributed by atoms with Gasteiger partial charge in [0.1, 0.15) is 5.69 Å². The number of carbonyl (C=O) groups excluding carboxylic acids is 2. The number of carbonyl (C=O) groups is 2. The zero-order chi connectivity index (χ0) is 17.6. The number of hydrogen-bond donors (Lipinski definition) is 2. The van der Waals surface area contributed by atoms with Gasteiger partial charge in [-0.15, -0.1) is 11.8 Å². The summed E-state index contributed by atoms with van der Waals surface area (Å²) < 4.78 is 0. The van der Waals surface area contributed by atoms with E-state index in [1.165, 1.54) is 4.90 Å². The maximum atomic E-state index is 12.7. The smallest absolute Gasteiger partial charge is 0.269 e. The van der Waals surface area contributed by atoms with Gasteiger partial charge < -0.3 is 10.6 Å². The van der Waals surface area contributed by atoms with Crippen LogP contribution in [0.5, 0.6) is 0 Å². The van der Waals surface area contributed by atoms with E-state index in [-0.39, 0.29) is 17.6 Å². The number of likely N-dealkylation sites (tertiary alicyclic amines) is 1. The van der Waals surface area contributed by atoms with Gasteiger partial charge in [0.05, 0.1) is 11.7 Å². The molecule has 6 nitrogen and oxygen atoms in total. The number of piperidine rings is 1. The molecule has 132 valence electrons. The number of aromatic nitrogens is 2. The van der Waals surface area contributed by atoms with Crippen molar-refractivity contribution in [1.82, 2.24) is 15.1 Å². The maximum absolute atomic E-state index is 12.7. The van der Waals surface area contributed by atoms with Gasteiger partial charge in [0, 0.05) is 23.6 Å². The molecule has 2 aromatic rings. The number of thioether (sulfide) groups is 1. The molecular weight excluding hydrogens is 336 g/mol. The maximum Gasteiger partial charge on any atom is 0.269 e. The van der Waals surface area contributed by atoms with Crippen molar-refractivity contribution in [1.29, 1.82) is 0 Å². The van der Waals surface area contributed by atoms with Gasteiger partial charge in [-0.1, -0.05) is 18.2 Å². The Hall–Kier alpha value is -2.28. The van der Waals surface area contributed by atoms with Crippen molar-refractivity contribution in [3.8, 4) is 0 Å². The summed E-state index contributed by atoms with van der Waals surface area (Å²) in [6.45, 7) is 0.741. The average Bonchev–Trinajstić information content (AvgIpc) is 3.13. The summed E-state index contributed by atoms with van der Waals surface area (Å²) in [6.07, 6.45) is 3.42. The van der Waals surface area contributed by atoms with E-state index in [4.69, 9.17) is 5.73 Å². The highest BCUT2D eigenvalue weighted by Gasteiger charge is 2.29. The van der Waals surface area contributed by atoms with Crippen molar-refractivity contribution in [3.05, 3.63) is 47.8 Å². The molecule has 7 heteroatoms. The van der Waals surface area contributed by atoms with Gasteiger partial charge in [0.2, 0.25) is 5.91 Å². The van der Waals surface area contributed by atoms with Crippen LogP contribution in [0.2, 0.25) is 0 Å². The lowest BCUT2D eigenvalue weighted by Crippen LogP contribution is -2.38. The first-order valence-corrected chi connectivity index (χ1v) is 9.46. The van der Waals surface area contributed by atoms with Crippen molar-refractivity contribution in [2.45, 2.75) is 36.6 Å². The van der Waals surface area contributed by atoms with E-state index in [0.717, 1.165) is 37.3 Å². The molecule has 1 atom stereocenters. The fraction of sp³-hybridized carbons (Fsp3) is 0.389.